The summed E-state index contributed by atoms with van der Waals surface area (Å²) in [6, 6.07) is 77.2. The SMILES string of the molecule is CC.CC1(C)c2ccccc2-c2cc(-c3cccc(-c4cccc(-c5cccc6c7c8ccccc8c8ccccc8c7n(-c7nc(-c8ccccc8)c8ccccc8n7)c56)c4)c3)ccc21. The molecular formula is C63H47N3. The summed E-state index contributed by atoms with van der Waals surface area (Å²) in [5.74, 6) is 0.648. The van der Waals surface area contributed by atoms with Crippen molar-refractivity contribution in [3.05, 3.63) is 223 Å². The number of aromatic nitrogens is 3. The first kappa shape index (κ1) is 39.5. The van der Waals surface area contributed by atoms with Gasteiger partial charge in [0, 0.05) is 38.1 Å². The average molecular weight is 846 g/mol. The van der Waals surface area contributed by atoms with Crippen molar-refractivity contribution in [3.63, 3.8) is 0 Å². The van der Waals surface area contributed by atoms with E-state index >= 15 is 0 Å². The van der Waals surface area contributed by atoms with Gasteiger partial charge in [-0.25, -0.2) is 9.97 Å². The molecule has 0 aliphatic heterocycles. The van der Waals surface area contributed by atoms with Crippen LogP contribution in [0.25, 0.3) is 116 Å². The lowest BCUT2D eigenvalue weighted by atomic mass is 9.82. The Kier molecular flexibility index (Phi) is 9.29. The topological polar surface area (TPSA) is 30.7 Å². The molecule has 3 heteroatoms. The van der Waals surface area contributed by atoms with Gasteiger partial charge < -0.3 is 0 Å². The Bertz CT molecular complexity index is 3870. The van der Waals surface area contributed by atoms with Gasteiger partial charge in [-0.2, -0.15) is 0 Å². The Morgan fingerprint density at radius 3 is 1.62 bits per heavy atom. The largest absolute Gasteiger partial charge is 0.277 e. The molecule has 0 spiro atoms. The van der Waals surface area contributed by atoms with Crippen LogP contribution in [0.4, 0.5) is 0 Å². The second kappa shape index (κ2) is 15.5. The highest BCUT2D eigenvalue weighted by Crippen LogP contribution is 2.50. The van der Waals surface area contributed by atoms with Gasteiger partial charge in [-0.1, -0.05) is 216 Å². The molecule has 66 heavy (non-hydrogen) atoms. The summed E-state index contributed by atoms with van der Waals surface area (Å²) in [4.78, 5) is 11.0. The highest BCUT2D eigenvalue weighted by molar-refractivity contribution is 6.33. The van der Waals surface area contributed by atoms with Crippen molar-refractivity contribution in [1.29, 1.82) is 0 Å². The average Bonchev–Trinajstić information content (AvgIpc) is 3.86. The zero-order chi connectivity index (χ0) is 44.5. The number of rotatable bonds is 5. The molecule has 2 heterocycles. The molecule has 12 aromatic rings. The second-order valence-corrected chi connectivity index (χ2v) is 17.7. The quantitative estimate of drug-likeness (QED) is 0.162. The van der Waals surface area contributed by atoms with Crippen LogP contribution in [0.15, 0.2) is 212 Å². The van der Waals surface area contributed by atoms with E-state index in [4.69, 9.17) is 9.97 Å². The number of benzene rings is 10. The Balaban J connectivity index is 0.00000225. The lowest BCUT2D eigenvalue weighted by Crippen LogP contribution is -2.14. The maximum atomic E-state index is 5.53. The van der Waals surface area contributed by atoms with E-state index in [0.717, 1.165) is 49.9 Å². The van der Waals surface area contributed by atoms with Crippen molar-refractivity contribution in [2.45, 2.75) is 33.1 Å². The van der Waals surface area contributed by atoms with Gasteiger partial charge in [-0.3, -0.25) is 4.57 Å². The van der Waals surface area contributed by atoms with Crippen LogP contribution in [-0.2, 0) is 5.41 Å². The first-order chi connectivity index (χ1) is 32.5. The third-order valence-corrected chi connectivity index (χ3v) is 13.8. The Morgan fingerprint density at radius 2 is 0.864 bits per heavy atom. The van der Waals surface area contributed by atoms with Gasteiger partial charge in [-0.15, -0.1) is 0 Å². The van der Waals surface area contributed by atoms with Crippen molar-refractivity contribution >= 4 is 54.3 Å². The molecule has 10 aromatic carbocycles. The van der Waals surface area contributed by atoms with Crippen molar-refractivity contribution < 1.29 is 0 Å². The van der Waals surface area contributed by atoms with Crippen molar-refractivity contribution in [3.8, 4) is 61.7 Å². The van der Waals surface area contributed by atoms with Crippen LogP contribution in [0.3, 0.4) is 0 Å². The zero-order valence-corrected chi connectivity index (χ0v) is 37.5. The molecule has 314 valence electrons. The van der Waals surface area contributed by atoms with Gasteiger partial charge in [-0.05, 0) is 90.5 Å². The van der Waals surface area contributed by atoms with Crippen LogP contribution < -0.4 is 0 Å². The maximum Gasteiger partial charge on any atom is 0.235 e. The smallest absolute Gasteiger partial charge is 0.235 e. The van der Waals surface area contributed by atoms with E-state index in [2.05, 4.69) is 231 Å². The minimum absolute atomic E-state index is 0.0217. The van der Waals surface area contributed by atoms with Crippen LogP contribution in [0, 0.1) is 0 Å². The van der Waals surface area contributed by atoms with Crippen LogP contribution in [0.5, 0.6) is 0 Å². The molecule has 0 fully saturated rings. The van der Waals surface area contributed by atoms with E-state index in [1.165, 1.54) is 71.3 Å². The minimum Gasteiger partial charge on any atom is -0.277 e. The van der Waals surface area contributed by atoms with E-state index < -0.39 is 0 Å². The predicted molar refractivity (Wildman–Crippen MR) is 280 cm³/mol. The first-order valence-corrected chi connectivity index (χ1v) is 23.2. The molecule has 0 bridgehead atoms. The fourth-order valence-electron chi connectivity index (χ4n) is 10.8. The summed E-state index contributed by atoms with van der Waals surface area (Å²) in [7, 11) is 0. The zero-order valence-electron chi connectivity index (χ0n) is 37.5. The van der Waals surface area contributed by atoms with Gasteiger partial charge >= 0.3 is 0 Å². The minimum atomic E-state index is -0.0217. The Morgan fingerprint density at radius 1 is 0.348 bits per heavy atom. The lowest BCUT2D eigenvalue weighted by Gasteiger charge is -2.21. The number of hydrogen-bond acceptors (Lipinski definition) is 2. The van der Waals surface area contributed by atoms with Crippen LogP contribution in [0.1, 0.15) is 38.8 Å². The van der Waals surface area contributed by atoms with Gasteiger partial charge in [0.05, 0.1) is 22.2 Å². The van der Waals surface area contributed by atoms with E-state index in [0.29, 0.717) is 5.95 Å². The first-order valence-electron chi connectivity index (χ1n) is 23.2. The molecule has 0 radical (unpaired) electrons. The van der Waals surface area contributed by atoms with E-state index in [1.54, 1.807) is 0 Å². The highest BCUT2D eigenvalue weighted by Gasteiger charge is 2.35. The van der Waals surface area contributed by atoms with Gasteiger partial charge in [0.25, 0.3) is 0 Å². The molecule has 0 saturated heterocycles. The fraction of sp³-hybridized carbons (Fsp3) is 0.0794. The molecular weight excluding hydrogens is 799 g/mol. The Hall–Kier alpha value is -8.14. The molecule has 0 atom stereocenters. The molecule has 0 saturated carbocycles. The van der Waals surface area contributed by atoms with E-state index in [-0.39, 0.29) is 5.41 Å². The van der Waals surface area contributed by atoms with Gasteiger partial charge in [0.15, 0.2) is 0 Å². The van der Waals surface area contributed by atoms with Crippen LogP contribution in [-0.4, -0.2) is 14.5 Å². The van der Waals surface area contributed by atoms with Crippen LogP contribution >= 0.6 is 0 Å². The van der Waals surface area contributed by atoms with E-state index in [9.17, 15) is 0 Å². The van der Waals surface area contributed by atoms with Gasteiger partial charge in [0.1, 0.15) is 0 Å². The number of para-hydroxylation sites is 2. The lowest BCUT2D eigenvalue weighted by molar-refractivity contribution is 0.660. The standard InChI is InChI=1S/C61H41N3.C2H6/c1-61(2)53-31-12-10-25-47(53)52-37-42(33-34-54(52)61)40-20-14-19-39(35-40)41-21-15-22-43(36-41)44-29-16-30-51-56-48-26-8-6-23-45(48)46-24-7-9-27-49(46)59(56)64(58(44)51)60-62-55-32-13-11-28-50(55)57(63-60)38-17-4-3-5-18-38;1-2/h3-37H,1-2H3;1-2H3. The molecule has 3 nitrogen and oxygen atoms in total. The summed E-state index contributed by atoms with van der Waals surface area (Å²) < 4.78 is 2.36. The number of nitrogens with zero attached hydrogens (tertiary/aromatic N) is 3. The molecule has 2 aromatic heterocycles. The summed E-state index contributed by atoms with van der Waals surface area (Å²) in [6.07, 6.45) is 0. The summed E-state index contributed by atoms with van der Waals surface area (Å²) >= 11 is 0. The Labute approximate surface area is 385 Å². The highest BCUT2D eigenvalue weighted by atomic mass is 15.2. The summed E-state index contributed by atoms with van der Waals surface area (Å²) in [5.41, 5.74) is 17.5. The predicted octanol–water partition coefficient (Wildman–Crippen LogP) is 17.0. The number of fused-ring (bicyclic) bond motifs is 12. The molecule has 13 rings (SSSR count). The van der Waals surface area contributed by atoms with Crippen molar-refractivity contribution in [1.82, 2.24) is 14.5 Å². The molecule has 1 aliphatic carbocycles. The van der Waals surface area contributed by atoms with Crippen molar-refractivity contribution in [2.75, 3.05) is 0 Å². The van der Waals surface area contributed by atoms with Gasteiger partial charge in [0.2, 0.25) is 5.95 Å². The molecule has 0 N–H and O–H groups in total. The molecule has 0 unspecified atom stereocenters. The fourth-order valence-corrected chi connectivity index (χ4v) is 10.8. The monoisotopic (exact) mass is 845 g/mol. The van der Waals surface area contributed by atoms with E-state index in [1.807, 2.05) is 13.8 Å². The second-order valence-electron chi connectivity index (χ2n) is 17.7. The van der Waals surface area contributed by atoms with Crippen LogP contribution in [0.2, 0.25) is 0 Å². The summed E-state index contributed by atoms with van der Waals surface area (Å²) in [6.45, 7) is 8.68. The van der Waals surface area contributed by atoms with Crippen molar-refractivity contribution in [2.24, 2.45) is 0 Å². The third kappa shape index (κ3) is 6.04. The number of hydrogen-bond donors (Lipinski definition) is 0. The molecule has 1 aliphatic rings. The maximum absolute atomic E-state index is 5.53. The summed E-state index contributed by atoms with van der Waals surface area (Å²) in [5, 5.41) is 8.22. The molecule has 0 amide bonds. The third-order valence-electron chi connectivity index (χ3n) is 13.8. The normalized spacial score (nSPS) is 12.7.